The van der Waals surface area contributed by atoms with Crippen molar-refractivity contribution in [1.29, 1.82) is 0 Å². The number of aryl methyl sites for hydroxylation is 1. The molecule has 0 aliphatic carbocycles. The van der Waals surface area contributed by atoms with Crippen LogP contribution in [0.15, 0.2) is 41.7 Å². The molecule has 124 valence electrons. The number of benzene rings is 1. The van der Waals surface area contributed by atoms with Crippen LogP contribution in [0.2, 0.25) is 0 Å². The van der Waals surface area contributed by atoms with Gasteiger partial charge in [0.25, 0.3) is 5.56 Å². The maximum Gasteiger partial charge on any atom is 0.329 e. The summed E-state index contributed by atoms with van der Waals surface area (Å²) in [5.41, 5.74) is 0.626. The molecule has 0 saturated heterocycles. The zero-order chi connectivity index (χ0) is 17.3. The molecule has 7 nitrogen and oxygen atoms in total. The predicted octanol–water partition coefficient (Wildman–Crippen LogP) is 1.23. The van der Waals surface area contributed by atoms with Crippen LogP contribution >= 0.6 is 0 Å². The van der Waals surface area contributed by atoms with Crippen molar-refractivity contribution in [3.8, 4) is 0 Å². The van der Waals surface area contributed by atoms with E-state index in [1.807, 2.05) is 0 Å². The molecule has 0 aliphatic rings. The highest BCUT2D eigenvalue weighted by atomic mass is 19.1. The fourth-order valence-electron chi connectivity index (χ4n) is 2.56. The van der Waals surface area contributed by atoms with Gasteiger partial charge < -0.3 is 4.74 Å². The van der Waals surface area contributed by atoms with Crippen LogP contribution in [0.4, 0.5) is 4.39 Å². The number of esters is 1. The molecule has 24 heavy (non-hydrogen) atoms. The Kier molecular flexibility index (Phi) is 4.11. The second-order valence-electron chi connectivity index (χ2n) is 5.38. The van der Waals surface area contributed by atoms with E-state index in [1.165, 1.54) is 30.1 Å². The number of ether oxygens (including phenoxy) is 1. The van der Waals surface area contributed by atoms with Gasteiger partial charge in [0.05, 0.1) is 30.5 Å². The van der Waals surface area contributed by atoms with E-state index in [0.29, 0.717) is 5.52 Å². The summed E-state index contributed by atoms with van der Waals surface area (Å²) >= 11 is 0. The third-order valence-electron chi connectivity index (χ3n) is 3.74. The largest absolute Gasteiger partial charge is 0.467 e. The van der Waals surface area contributed by atoms with E-state index in [1.54, 1.807) is 24.1 Å². The van der Waals surface area contributed by atoms with E-state index >= 15 is 0 Å². The highest BCUT2D eigenvalue weighted by Gasteiger charge is 2.24. The van der Waals surface area contributed by atoms with E-state index < -0.39 is 23.4 Å². The summed E-state index contributed by atoms with van der Waals surface area (Å²) in [5.74, 6) is -1.13. The first-order valence-electron chi connectivity index (χ1n) is 7.21. The molecule has 1 atom stereocenters. The average Bonchev–Trinajstić information content (AvgIpc) is 2.98. The molecule has 1 unspecified atom stereocenters. The second kappa shape index (κ2) is 6.23. The van der Waals surface area contributed by atoms with Crippen LogP contribution in [0.5, 0.6) is 0 Å². The molecule has 3 rings (SSSR count). The van der Waals surface area contributed by atoms with Gasteiger partial charge in [0.2, 0.25) is 0 Å². The summed E-state index contributed by atoms with van der Waals surface area (Å²) in [6, 6.07) is 2.85. The van der Waals surface area contributed by atoms with Crippen LogP contribution in [-0.2, 0) is 23.0 Å². The molecule has 0 bridgehead atoms. The van der Waals surface area contributed by atoms with Crippen LogP contribution in [0, 0.1) is 5.82 Å². The lowest BCUT2D eigenvalue weighted by Gasteiger charge is -2.17. The predicted molar refractivity (Wildman–Crippen MR) is 83.9 cm³/mol. The molecular formula is C16H15FN4O3. The smallest absolute Gasteiger partial charge is 0.329 e. The number of methoxy groups -OCH3 is 1. The molecule has 2 aromatic heterocycles. The van der Waals surface area contributed by atoms with E-state index in [0.717, 1.165) is 11.6 Å². The summed E-state index contributed by atoms with van der Waals surface area (Å²) in [6.07, 6.45) is 4.84. The van der Waals surface area contributed by atoms with Crippen LogP contribution in [-0.4, -0.2) is 32.4 Å². The number of carbonyl (C=O) groups excluding carboxylic acids is 1. The molecule has 3 aromatic rings. The number of aromatic nitrogens is 4. The molecule has 0 fully saturated rings. The monoisotopic (exact) mass is 330 g/mol. The zero-order valence-corrected chi connectivity index (χ0v) is 13.1. The number of halogens is 1. The number of hydrogen-bond acceptors (Lipinski definition) is 5. The standard InChI is InChI=1S/C16H15FN4O3/c1-20-8-10(7-19-20)5-14(16(23)24-2)21-9-18-13-4-3-11(17)6-12(13)15(21)22/h3-4,6-9,14H,5H2,1-2H3. The van der Waals surface area contributed by atoms with Crippen molar-refractivity contribution in [1.82, 2.24) is 19.3 Å². The quantitative estimate of drug-likeness (QED) is 0.672. The first-order valence-corrected chi connectivity index (χ1v) is 7.21. The van der Waals surface area contributed by atoms with Gasteiger partial charge >= 0.3 is 5.97 Å². The lowest BCUT2D eigenvalue weighted by Crippen LogP contribution is -2.32. The van der Waals surface area contributed by atoms with Crippen molar-refractivity contribution in [2.75, 3.05) is 7.11 Å². The maximum absolute atomic E-state index is 13.4. The number of hydrogen-bond donors (Lipinski definition) is 0. The second-order valence-corrected chi connectivity index (χ2v) is 5.38. The van der Waals surface area contributed by atoms with Crippen molar-refractivity contribution >= 4 is 16.9 Å². The van der Waals surface area contributed by atoms with Crippen LogP contribution in [0.1, 0.15) is 11.6 Å². The van der Waals surface area contributed by atoms with Gasteiger partial charge in [-0.25, -0.2) is 14.2 Å². The Bertz CT molecular complexity index is 963. The van der Waals surface area contributed by atoms with Gasteiger partial charge in [-0.05, 0) is 23.8 Å². The Balaban J connectivity index is 2.10. The fraction of sp³-hybridized carbons (Fsp3) is 0.250. The van der Waals surface area contributed by atoms with Gasteiger partial charge in [-0.3, -0.25) is 14.0 Å². The van der Waals surface area contributed by atoms with Gasteiger partial charge in [0, 0.05) is 19.7 Å². The van der Waals surface area contributed by atoms with Gasteiger partial charge in [-0.15, -0.1) is 0 Å². The Morgan fingerprint density at radius 2 is 2.21 bits per heavy atom. The van der Waals surface area contributed by atoms with Crippen molar-refractivity contribution in [3.05, 3.63) is 58.7 Å². The van der Waals surface area contributed by atoms with Gasteiger partial charge in [-0.1, -0.05) is 0 Å². The third kappa shape index (κ3) is 2.90. The van der Waals surface area contributed by atoms with E-state index in [2.05, 4.69) is 10.1 Å². The number of fused-ring (bicyclic) bond motifs is 1. The summed E-state index contributed by atoms with van der Waals surface area (Å²) in [5, 5.41) is 4.15. The van der Waals surface area contributed by atoms with Crippen LogP contribution in [0.25, 0.3) is 10.9 Å². The molecule has 0 N–H and O–H groups in total. The lowest BCUT2D eigenvalue weighted by molar-refractivity contribution is -0.144. The maximum atomic E-state index is 13.4. The molecule has 2 heterocycles. The van der Waals surface area contributed by atoms with Crippen molar-refractivity contribution in [2.24, 2.45) is 7.05 Å². The molecule has 0 saturated carbocycles. The average molecular weight is 330 g/mol. The van der Waals surface area contributed by atoms with E-state index in [4.69, 9.17) is 4.74 Å². The summed E-state index contributed by atoms with van der Waals surface area (Å²) in [6.45, 7) is 0. The summed E-state index contributed by atoms with van der Waals surface area (Å²) < 4.78 is 21.0. The van der Waals surface area contributed by atoms with Crippen molar-refractivity contribution < 1.29 is 13.9 Å². The Hall–Kier alpha value is -3.03. The normalized spacial score (nSPS) is 12.3. The van der Waals surface area contributed by atoms with Crippen LogP contribution in [0.3, 0.4) is 0 Å². The molecule has 1 aromatic carbocycles. The summed E-state index contributed by atoms with van der Waals surface area (Å²) in [7, 11) is 3.00. The van der Waals surface area contributed by atoms with E-state index in [-0.39, 0.29) is 11.8 Å². The minimum Gasteiger partial charge on any atom is -0.467 e. The SMILES string of the molecule is COC(=O)C(Cc1cnn(C)c1)n1cnc2ccc(F)cc2c1=O. The van der Waals surface area contributed by atoms with E-state index in [9.17, 15) is 14.0 Å². The summed E-state index contributed by atoms with van der Waals surface area (Å²) in [4.78, 5) is 29.0. The minimum absolute atomic E-state index is 0.109. The van der Waals surface area contributed by atoms with Crippen molar-refractivity contribution in [3.63, 3.8) is 0 Å². The molecule has 0 aliphatic heterocycles. The Morgan fingerprint density at radius 1 is 1.42 bits per heavy atom. The molecule has 0 amide bonds. The topological polar surface area (TPSA) is 79.0 Å². The lowest BCUT2D eigenvalue weighted by atomic mass is 10.1. The van der Waals surface area contributed by atoms with Gasteiger partial charge in [-0.2, -0.15) is 5.10 Å². The first kappa shape index (κ1) is 15.9. The molecule has 0 spiro atoms. The third-order valence-corrected chi connectivity index (χ3v) is 3.74. The van der Waals surface area contributed by atoms with Gasteiger partial charge in [0.1, 0.15) is 11.9 Å². The Morgan fingerprint density at radius 3 is 2.88 bits per heavy atom. The molecular weight excluding hydrogens is 315 g/mol. The minimum atomic E-state index is -0.910. The molecule has 0 radical (unpaired) electrons. The van der Waals surface area contributed by atoms with Crippen LogP contribution < -0.4 is 5.56 Å². The van der Waals surface area contributed by atoms with Crippen molar-refractivity contribution in [2.45, 2.75) is 12.5 Å². The zero-order valence-electron chi connectivity index (χ0n) is 13.1. The number of rotatable bonds is 4. The molecule has 8 heteroatoms. The number of carbonyl (C=O) groups is 1. The first-order chi connectivity index (χ1) is 11.5. The highest BCUT2D eigenvalue weighted by molar-refractivity contribution is 5.79. The number of nitrogens with zero attached hydrogens (tertiary/aromatic N) is 4. The highest BCUT2D eigenvalue weighted by Crippen LogP contribution is 2.16. The fourth-order valence-corrected chi connectivity index (χ4v) is 2.56. The Labute approximate surface area is 136 Å². The van der Waals surface area contributed by atoms with Gasteiger partial charge in [0.15, 0.2) is 0 Å².